The highest BCUT2D eigenvalue weighted by Gasteiger charge is 2.35. The zero-order valence-electron chi connectivity index (χ0n) is 15.0. The predicted molar refractivity (Wildman–Crippen MR) is 100 cm³/mol. The fraction of sp³-hybridized carbons (Fsp3) is 0.632. The lowest BCUT2D eigenvalue weighted by Crippen LogP contribution is -2.48. The topological polar surface area (TPSA) is 64.3 Å². The van der Waals surface area contributed by atoms with Crippen molar-refractivity contribution in [2.45, 2.75) is 52.2 Å². The summed E-state index contributed by atoms with van der Waals surface area (Å²) in [5.74, 6) is 0.281. The third-order valence-corrected chi connectivity index (χ3v) is 4.47. The van der Waals surface area contributed by atoms with Crippen molar-refractivity contribution in [1.29, 1.82) is 0 Å². The monoisotopic (exact) mass is 354 g/mol. The maximum atomic E-state index is 12.3. The van der Waals surface area contributed by atoms with Gasteiger partial charge in [0, 0.05) is 19.1 Å². The van der Waals surface area contributed by atoms with Gasteiger partial charge in [0.15, 0.2) is 0 Å². The van der Waals surface area contributed by atoms with E-state index >= 15 is 0 Å². The van der Waals surface area contributed by atoms with Crippen LogP contribution in [0.4, 0.5) is 0 Å². The van der Waals surface area contributed by atoms with Crippen LogP contribution in [0.1, 0.15) is 39.2 Å². The average Bonchev–Trinajstić information content (AvgIpc) is 2.53. The second kappa shape index (κ2) is 9.40. The molecule has 1 aliphatic heterocycles. The Morgan fingerprint density at radius 3 is 2.62 bits per heavy atom. The van der Waals surface area contributed by atoms with Gasteiger partial charge >= 0.3 is 0 Å². The summed E-state index contributed by atoms with van der Waals surface area (Å²) in [6, 6.07) is 9.39. The lowest BCUT2D eigenvalue weighted by molar-refractivity contribution is -0.124. The number of carbonyl (C=O) groups excluding carboxylic acids is 1. The molecule has 0 aliphatic carbocycles. The standard InChI is InChI=1S/C19H30N2O2.ClH/c1-19(2,3)17-15(10-7-11-23-17)13-21-18(22)16(20)12-14-8-5-4-6-9-14;/h4-6,8-9,15-17H,7,10-13,20H2,1-3H3,(H,21,22);1H/t15?,16-,17?;/m0./s1. The summed E-state index contributed by atoms with van der Waals surface area (Å²) in [5, 5.41) is 3.03. The molecule has 2 unspecified atom stereocenters. The molecular weight excluding hydrogens is 324 g/mol. The van der Waals surface area contributed by atoms with Gasteiger partial charge in [-0.2, -0.15) is 0 Å². The van der Waals surface area contributed by atoms with Crippen molar-refractivity contribution < 1.29 is 9.53 Å². The van der Waals surface area contributed by atoms with Crippen LogP contribution in [0.25, 0.3) is 0 Å². The second-order valence-corrected chi connectivity index (χ2v) is 7.60. The van der Waals surface area contributed by atoms with E-state index in [-0.39, 0.29) is 29.8 Å². The number of nitrogens with two attached hydrogens (primary N) is 1. The van der Waals surface area contributed by atoms with Crippen LogP contribution in [-0.4, -0.2) is 31.2 Å². The Bertz CT molecular complexity index is 502. The first-order chi connectivity index (χ1) is 10.9. The van der Waals surface area contributed by atoms with Crippen LogP contribution >= 0.6 is 12.4 Å². The van der Waals surface area contributed by atoms with Crippen LogP contribution in [0, 0.1) is 11.3 Å². The van der Waals surface area contributed by atoms with Crippen LogP contribution in [0.5, 0.6) is 0 Å². The molecule has 0 saturated carbocycles. The lowest BCUT2D eigenvalue weighted by Gasteiger charge is -2.40. The lowest BCUT2D eigenvalue weighted by atomic mass is 9.78. The first-order valence-corrected chi connectivity index (χ1v) is 8.57. The highest BCUT2D eigenvalue weighted by molar-refractivity contribution is 5.85. The number of nitrogens with one attached hydrogen (secondary N) is 1. The zero-order chi connectivity index (χ0) is 16.9. The summed E-state index contributed by atoms with van der Waals surface area (Å²) < 4.78 is 5.96. The van der Waals surface area contributed by atoms with Gasteiger partial charge in [0.05, 0.1) is 12.1 Å². The van der Waals surface area contributed by atoms with Gasteiger partial charge in [-0.05, 0) is 30.2 Å². The smallest absolute Gasteiger partial charge is 0.237 e. The Hall–Kier alpha value is -1.10. The highest BCUT2D eigenvalue weighted by Crippen LogP contribution is 2.33. The van der Waals surface area contributed by atoms with E-state index in [9.17, 15) is 4.79 Å². The summed E-state index contributed by atoms with van der Waals surface area (Å²) in [4.78, 5) is 12.3. The Morgan fingerprint density at radius 1 is 1.33 bits per heavy atom. The molecule has 1 saturated heterocycles. The molecule has 0 radical (unpaired) electrons. The summed E-state index contributed by atoms with van der Waals surface area (Å²) in [6.45, 7) is 8.04. The molecule has 24 heavy (non-hydrogen) atoms. The third kappa shape index (κ3) is 6.08. The molecule has 1 fully saturated rings. The van der Waals surface area contributed by atoms with Crippen LogP contribution in [0.2, 0.25) is 0 Å². The molecule has 3 atom stereocenters. The number of halogens is 1. The third-order valence-electron chi connectivity index (χ3n) is 4.47. The van der Waals surface area contributed by atoms with Crippen LogP contribution in [-0.2, 0) is 16.0 Å². The van der Waals surface area contributed by atoms with E-state index in [0.717, 1.165) is 25.0 Å². The molecule has 1 aromatic carbocycles. The van der Waals surface area contributed by atoms with Crippen LogP contribution < -0.4 is 11.1 Å². The average molecular weight is 355 g/mol. The van der Waals surface area contributed by atoms with E-state index in [2.05, 4.69) is 26.1 Å². The molecule has 1 heterocycles. The van der Waals surface area contributed by atoms with E-state index < -0.39 is 6.04 Å². The second-order valence-electron chi connectivity index (χ2n) is 7.60. The maximum absolute atomic E-state index is 12.3. The van der Waals surface area contributed by atoms with Crippen molar-refractivity contribution in [2.24, 2.45) is 17.1 Å². The normalized spacial score (nSPS) is 22.3. The number of hydrogen-bond donors (Lipinski definition) is 2. The van der Waals surface area contributed by atoms with Gasteiger partial charge in [-0.25, -0.2) is 0 Å². The summed E-state index contributed by atoms with van der Waals surface area (Å²) in [6.07, 6.45) is 2.90. The first-order valence-electron chi connectivity index (χ1n) is 8.57. The number of benzene rings is 1. The zero-order valence-corrected chi connectivity index (χ0v) is 15.8. The molecule has 1 amide bonds. The van der Waals surface area contributed by atoms with E-state index in [0.29, 0.717) is 18.9 Å². The SMILES string of the molecule is CC(C)(C)C1OCCCC1CNC(=O)[C@@H](N)Cc1ccccc1.Cl. The number of carbonyl (C=O) groups is 1. The predicted octanol–water partition coefficient (Wildman–Crippen LogP) is 2.94. The largest absolute Gasteiger partial charge is 0.377 e. The van der Waals surface area contributed by atoms with Gasteiger partial charge in [0.1, 0.15) is 0 Å². The molecular formula is C19H31ClN2O2. The van der Waals surface area contributed by atoms with Crippen molar-refractivity contribution in [3.05, 3.63) is 35.9 Å². The van der Waals surface area contributed by atoms with E-state index in [1.54, 1.807) is 0 Å². The van der Waals surface area contributed by atoms with Crippen LogP contribution in [0.3, 0.4) is 0 Å². The molecule has 3 N–H and O–H groups in total. The number of rotatable bonds is 5. The van der Waals surface area contributed by atoms with E-state index in [4.69, 9.17) is 10.5 Å². The summed E-state index contributed by atoms with van der Waals surface area (Å²) >= 11 is 0. The molecule has 5 heteroatoms. The molecule has 1 aromatic rings. The number of ether oxygens (including phenoxy) is 1. The summed E-state index contributed by atoms with van der Waals surface area (Å²) in [7, 11) is 0. The Morgan fingerprint density at radius 2 is 2.00 bits per heavy atom. The Kier molecular flexibility index (Phi) is 8.20. The van der Waals surface area contributed by atoms with Crippen molar-refractivity contribution in [2.75, 3.05) is 13.2 Å². The van der Waals surface area contributed by atoms with Crippen molar-refractivity contribution in [3.8, 4) is 0 Å². The minimum absolute atomic E-state index is 0. The first kappa shape index (κ1) is 20.9. The quantitative estimate of drug-likeness (QED) is 0.854. The van der Waals surface area contributed by atoms with Crippen molar-refractivity contribution >= 4 is 18.3 Å². The fourth-order valence-corrected chi connectivity index (χ4v) is 3.33. The highest BCUT2D eigenvalue weighted by atomic mass is 35.5. The Balaban J connectivity index is 0.00000288. The maximum Gasteiger partial charge on any atom is 0.237 e. The van der Waals surface area contributed by atoms with Gasteiger partial charge in [-0.1, -0.05) is 51.1 Å². The Labute approximate surface area is 151 Å². The minimum atomic E-state index is -0.505. The molecule has 0 spiro atoms. The van der Waals surface area contributed by atoms with Gasteiger partial charge in [-0.3, -0.25) is 4.79 Å². The molecule has 2 rings (SSSR count). The minimum Gasteiger partial charge on any atom is -0.377 e. The number of amides is 1. The van der Waals surface area contributed by atoms with Gasteiger partial charge in [0.25, 0.3) is 0 Å². The van der Waals surface area contributed by atoms with Gasteiger partial charge < -0.3 is 15.8 Å². The van der Waals surface area contributed by atoms with Crippen LogP contribution in [0.15, 0.2) is 30.3 Å². The molecule has 0 bridgehead atoms. The number of hydrogen-bond acceptors (Lipinski definition) is 3. The summed E-state index contributed by atoms with van der Waals surface area (Å²) in [5.41, 5.74) is 7.21. The molecule has 136 valence electrons. The van der Waals surface area contributed by atoms with Crippen molar-refractivity contribution in [1.82, 2.24) is 5.32 Å². The molecule has 4 nitrogen and oxygen atoms in total. The molecule has 1 aliphatic rings. The molecule has 0 aromatic heterocycles. The fourth-order valence-electron chi connectivity index (χ4n) is 3.33. The van der Waals surface area contributed by atoms with Gasteiger partial charge in [-0.15, -0.1) is 12.4 Å². The van der Waals surface area contributed by atoms with E-state index in [1.165, 1.54) is 0 Å². The van der Waals surface area contributed by atoms with Gasteiger partial charge in [0.2, 0.25) is 5.91 Å². The van der Waals surface area contributed by atoms with Crippen molar-refractivity contribution in [3.63, 3.8) is 0 Å². The van der Waals surface area contributed by atoms with E-state index in [1.807, 2.05) is 30.3 Å².